The fourth-order valence-corrected chi connectivity index (χ4v) is 2.56. The number of hydrogen-bond acceptors (Lipinski definition) is 4. The molecular formula is C14H16FN3OS. The number of thiazole rings is 1. The summed E-state index contributed by atoms with van der Waals surface area (Å²) in [6.07, 6.45) is 1.22. The number of hydrogen-bond donors (Lipinski definition) is 2. The highest BCUT2D eigenvalue weighted by molar-refractivity contribution is 7.20. The van der Waals surface area contributed by atoms with Crippen LogP contribution >= 0.6 is 11.3 Å². The zero-order chi connectivity index (χ0) is 14.7. The number of anilines is 2. The molecule has 0 aliphatic heterocycles. The van der Waals surface area contributed by atoms with Crippen molar-refractivity contribution in [3.8, 4) is 11.3 Å². The summed E-state index contributed by atoms with van der Waals surface area (Å²) in [5, 5.41) is 3.69. The summed E-state index contributed by atoms with van der Waals surface area (Å²) in [7, 11) is 0. The molecule has 1 amide bonds. The predicted molar refractivity (Wildman–Crippen MR) is 80.2 cm³/mol. The summed E-state index contributed by atoms with van der Waals surface area (Å²) in [5.41, 5.74) is 7.77. The number of aromatic nitrogens is 1. The second kappa shape index (κ2) is 6.00. The van der Waals surface area contributed by atoms with Crippen LogP contribution in [0.5, 0.6) is 0 Å². The van der Waals surface area contributed by atoms with Gasteiger partial charge in [0.25, 0.3) is 0 Å². The highest BCUT2D eigenvalue weighted by atomic mass is 32.1. The maximum Gasteiger partial charge on any atom is 0.226 e. The molecule has 0 saturated heterocycles. The fourth-order valence-electron chi connectivity index (χ4n) is 1.79. The molecule has 1 heterocycles. The first kappa shape index (κ1) is 14.5. The van der Waals surface area contributed by atoms with Crippen molar-refractivity contribution >= 4 is 27.4 Å². The van der Waals surface area contributed by atoms with Gasteiger partial charge in [0, 0.05) is 12.0 Å². The Kier molecular flexibility index (Phi) is 4.34. The van der Waals surface area contributed by atoms with Crippen LogP contribution in [0.2, 0.25) is 0 Å². The molecule has 0 bridgehead atoms. The van der Waals surface area contributed by atoms with E-state index in [1.165, 1.54) is 17.4 Å². The first-order valence-electron chi connectivity index (χ1n) is 6.34. The van der Waals surface area contributed by atoms with E-state index in [-0.39, 0.29) is 11.7 Å². The van der Waals surface area contributed by atoms with E-state index < -0.39 is 0 Å². The third kappa shape index (κ3) is 3.14. The van der Waals surface area contributed by atoms with E-state index in [0.717, 1.165) is 12.0 Å². The Hall–Kier alpha value is -1.95. The van der Waals surface area contributed by atoms with Crippen LogP contribution in [0.3, 0.4) is 0 Å². The van der Waals surface area contributed by atoms with Crippen molar-refractivity contribution in [1.82, 2.24) is 4.98 Å². The molecule has 4 nitrogen and oxygen atoms in total. The Balaban J connectivity index is 2.27. The van der Waals surface area contributed by atoms with Crippen molar-refractivity contribution in [2.24, 2.45) is 0 Å². The average molecular weight is 293 g/mol. The normalized spacial score (nSPS) is 10.6. The largest absolute Gasteiger partial charge is 0.389 e. The monoisotopic (exact) mass is 293 g/mol. The van der Waals surface area contributed by atoms with Gasteiger partial charge < -0.3 is 11.1 Å². The number of benzene rings is 1. The minimum Gasteiger partial charge on any atom is -0.389 e. The lowest BCUT2D eigenvalue weighted by Gasteiger charge is -2.01. The second-order valence-corrected chi connectivity index (χ2v) is 5.52. The maximum atomic E-state index is 13.3. The quantitative estimate of drug-likeness (QED) is 0.905. The van der Waals surface area contributed by atoms with E-state index in [1.54, 1.807) is 19.1 Å². The third-order valence-electron chi connectivity index (χ3n) is 2.81. The van der Waals surface area contributed by atoms with Crippen molar-refractivity contribution in [2.45, 2.75) is 26.7 Å². The standard InChI is InChI=1S/C14H16FN3OS/c1-3-4-11(19)17-14-18-12(13(16)20-14)9-5-6-10(15)8(2)7-9/h5-7H,3-4,16H2,1-2H3,(H,17,18,19). The molecule has 2 rings (SSSR count). The molecule has 2 aromatic rings. The number of nitrogens with zero attached hydrogens (tertiary/aromatic N) is 1. The average Bonchev–Trinajstić information content (AvgIpc) is 2.74. The van der Waals surface area contributed by atoms with Gasteiger partial charge in [-0.3, -0.25) is 4.79 Å². The van der Waals surface area contributed by atoms with Crippen LogP contribution in [-0.4, -0.2) is 10.9 Å². The van der Waals surface area contributed by atoms with E-state index >= 15 is 0 Å². The van der Waals surface area contributed by atoms with Crippen LogP contribution in [0, 0.1) is 12.7 Å². The van der Waals surface area contributed by atoms with Gasteiger partial charge in [0.15, 0.2) is 5.13 Å². The SMILES string of the molecule is CCCC(=O)Nc1nc(-c2ccc(F)c(C)c2)c(N)s1. The van der Waals surface area contributed by atoms with E-state index in [4.69, 9.17) is 5.73 Å². The van der Waals surface area contributed by atoms with Gasteiger partial charge in [-0.05, 0) is 37.1 Å². The molecule has 0 fully saturated rings. The van der Waals surface area contributed by atoms with Crippen molar-refractivity contribution in [2.75, 3.05) is 11.1 Å². The summed E-state index contributed by atoms with van der Waals surface area (Å²) >= 11 is 1.21. The predicted octanol–water partition coefficient (Wildman–Crippen LogP) is 3.58. The maximum absolute atomic E-state index is 13.3. The fraction of sp³-hybridized carbons (Fsp3) is 0.286. The first-order chi connectivity index (χ1) is 9.51. The Morgan fingerprint density at radius 2 is 2.25 bits per heavy atom. The molecule has 3 N–H and O–H groups in total. The van der Waals surface area contributed by atoms with Crippen LogP contribution in [0.25, 0.3) is 11.3 Å². The molecular weight excluding hydrogens is 277 g/mol. The van der Waals surface area contributed by atoms with Crippen molar-refractivity contribution in [3.05, 3.63) is 29.6 Å². The number of nitrogens with one attached hydrogen (secondary N) is 1. The number of rotatable bonds is 4. The van der Waals surface area contributed by atoms with Crippen molar-refractivity contribution < 1.29 is 9.18 Å². The molecule has 0 unspecified atom stereocenters. The lowest BCUT2D eigenvalue weighted by molar-refractivity contribution is -0.116. The molecule has 0 saturated carbocycles. The molecule has 0 spiro atoms. The van der Waals surface area contributed by atoms with Gasteiger partial charge in [-0.2, -0.15) is 0 Å². The van der Waals surface area contributed by atoms with E-state index in [9.17, 15) is 9.18 Å². The van der Waals surface area contributed by atoms with Crippen molar-refractivity contribution in [1.29, 1.82) is 0 Å². The Labute approximate surface area is 120 Å². The summed E-state index contributed by atoms with van der Waals surface area (Å²) < 4.78 is 13.3. The number of halogens is 1. The highest BCUT2D eigenvalue weighted by Gasteiger charge is 2.13. The molecule has 1 aromatic heterocycles. The smallest absolute Gasteiger partial charge is 0.226 e. The molecule has 6 heteroatoms. The highest BCUT2D eigenvalue weighted by Crippen LogP contribution is 2.34. The van der Waals surface area contributed by atoms with Gasteiger partial charge in [-0.1, -0.05) is 18.3 Å². The van der Waals surface area contributed by atoms with Crippen LogP contribution in [0.4, 0.5) is 14.5 Å². The van der Waals surface area contributed by atoms with E-state index in [2.05, 4.69) is 10.3 Å². The molecule has 0 radical (unpaired) electrons. The molecule has 0 aliphatic carbocycles. The van der Waals surface area contributed by atoms with E-state index in [0.29, 0.717) is 27.8 Å². The Morgan fingerprint density at radius 3 is 2.90 bits per heavy atom. The van der Waals surface area contributed by atoms with Gasteiger partial charge in [-0.25, -0.2) is 9.37 Å². The molecule has 0 atom stereocenters. The lowest BCUT2D eigenvalue weighted by Crippen LogP contribution is -2.10. The number of nitrogens with two attached hydrogens (primary N) is 1. The summed E-state index contributed by atoms with van der Waals surface area (Å²) in [6, 6.07) is 4.71. The number of carbonyl (C=O) groups is 1. The Morgan fingerprint density at radius 1 is 1.50 bits per heavy atom. The zero-order valence-corrected chi connectivity index (χ0v) is 12.2. The van der Waals surface area contributed by atoms with Crippen LogP contribution in [0.15, 0.2) is 18.2 Å². The van der Waals surface area contributed by atoms with Gasteiger partial charge >= 0.3 is 0 Å². The van der Waals surface area contributed by atoms with Crippen LogP contribution < -0.4 is 11.1 Å². The van der Waals surface area contributed by atoms with Gasteiger partial charge in [0.1, 0.15) is 16.5 Å². The molecule has 0 aliphatic rings. The third-order valence-corrected chi connectivity index (χ3v) is 3.61. The number of nitrogen functional groups attached to an aromatic ring is 1. The number of aryl methyl sites for hydroxylation is 1. The first-order valence-corrected chi connectivity index (χ1v) is 7.15. The molecule has 20 heavy (non-hydrogen) atoms. The summed E-state index contributed by atoms with van der Waals surface area (Å²) in [6.45, 7) is 3.62. The minimum absolute atomic E-state index is 0.0805. The topological polar surface area (TPSA) is 68.0 Å². The van der Waals surface area contributed by atoms with Gasteiger partial charge in [0.2, 0.25) is 5.91 Å². The van der Waals surface area contributed by atoms with E-state index in [1.807, 2.05) is 6.92 Å². The van der Waals surface area contributed by atoms with Crippen molar-refractivity contribution in [3.63, 3.8) is 0 Å². The summed E-state index contributed by atoms with van der Waals surface area (Å²) in [5.74, 6) is -0.345. The Bertz CT molecular complexity index is 639. The zero-order valence-electron chi connectivity index (χ0n) is 11.4. The summed E-state index contributed by atoms with van der Waals surface area (Å²) in [4.78, 5) is 15.8. The molecule has 106 valence electrons. The van der Waals surface area contributed by atoms with Gasteiger partial charge in [0.05, 0.1) is 0 Å². The minimum atomic E-state index is -0.265. The second-order valence-electron chi connectivity index (χ2n) is 4.49. The number of amides is 1. The van der Waals surface area contributed by atoms with Crippen LogP contribution in [0.1, 0.15) is 25.3 Å². The van der Waals surface area contributed by atoms with Crippen LogP contribution in [-0.2, 0) is 4.79 Å². The molecule has 1 aromatic carbocycles. The number of carbonyl (C=O) groups excluding carboxylic acids is 1. The lowest BCUT2D eigenvalue weighted by atomic mass is 10.1. The van der Waals surface area contributed by atoms with Gasteiger partial charge in [-0.15, -0.1) is 0 Å².